The molecule has 1 aliphatic rings. The lowest BCUT2D eigenvalue weighted by Crippen LogP contribution is -2.44. The van der Waals surface area contributed by atoms with Gasteiger partial charge in [0.2, 0.25) is 0 Å². The fraction of sp³-hybridized carbons (Fsp3) is 0.348. The van der Waals surface area contributed by atoms with Crippen LogP contribution < -0.4 is 4.74 Å². The highest BCUT2D eigenvalue weighted by molar-refractivity contribution is 5.97. The molecule has 168 valence electrons. The summed E-state index contributed by atoms with van der Waals surface area (Å²) in [5.41, 5.74) is 2.28. The zero-order valence-electron chi connectivity index (χ0n) is 18.6. The van der Waals surface area contributed by atoms with Crippen molar-refractivity contribution >= 4 is 12.4 Å². The molecular formula is C23H27N5O4. The van der Waals surface area contributed by atoms with Crippen molar-refractivity contribution in [2.24, 2.45) is 5.92 Å². The summed E-state index contributed by atoms with van der Waals surface area (Å²) in [5, 5.41) is 11.6. The summed E-state index contributed by atoms with van der Waals surface area (Å²) in [6.45, 7) is 7.00. The molecule has 1 aromatic carbocycles. The summed E-state index contributed by atoms with van der Waals surface area (Å²) in [7, 11) is 1.56. The molecular weight excluding hydrogens is 410 g/mol. The first-order chi connectivity index (χ1) is 15.4. The van der Waals surface area contributed by atoms with E-state index in [9.17, 15) is 4.79 Å². The largest absolute Gasteiger partial charge is 0.494 e. The van der Waals surface area contributed by atoms with E-state index in [0.29, 0.717) is 30.2 Å². The highest BCUT2D eigenvalue weighted by Gasteiger charge is 2.37. The summed E-state index contributed by atoms with van der Waals surface area (Å²) in [6, 6.07) is 11.5. The van der Waals surface area contributed by atoms with E-state index in [1.807, 2.05) is 46.8 Å². The normalized spacial score (nSPS) is 14.9. The number of nitrogens with zero attached hydrogens (tertiary/aromatic N) is 5. The molecule has 9 nitrogen and oxygen atoms in total. The molecule has 1 aliphatic heterocycles. The number of rotatable bonds is 4. The zero-order valence-corrected chi connectivity index (χ0v) is 18.6. The second kappa shape index (κ2) is 10.0. The average molecular weight is 438 g/mol. The van der Waals surface area contributed by atoms with Crippen molar-refractivity contribution in [2.45, 2.75) is 33.4 Å². The van der Waals surface area contributed by atoms with E-state index in [0.717, 1.165) is 17.1 Å². The summed E-state index contributed by atoms with van der Waals surface area (Å²) in [4.78, 5) is 32.8. The van der Waals surface area contributed by atoms with Crippen LogP contribution in [0.25, 0.3) is 11.4 Å². The maximum Gasteiger partial charge on any atom is 0.290 e. The highest BCUT2D eigenvalue weighted by atomic mass is 16.5. The number of hydrogen-bond acceptors (Lipinski definition) is 6. The number of carbonyl (C=O) groups is 2. The van der Waals surface area contributed by atoms with Crippen molar-refractivity contribution in [2.75, 3.05) is 13.7 Å². The number of aromatic nitrogens is 4. The minimum absolute atomic E-state index is 0.0680. The lowest BCUT2D eigenvalue weighted by atomic mass is 9.98. The van der Waals surface area contributed by atoms with Gasteiger partial charge in [-0.05, 0) is 18.9 Å². The highest BCUT2D eigenvalue weighted by Crippen LogP contribution is 2.34. The van der Waals surface area contributed by atoms with Gasteiger partial charge in [0.15, 0.2) is 11.6 Å². The van der Waals surface area contributed by atoms with E-state index in [2.05, 4.69) is 18.8 Å². The van der Waals surface area contributed by atoms with E-state index in [1.54, 1.807) is 19.4 Å². The molecule has 0 fully saturated rings. The van der Waals surface area contributed by atoms with E-state index in [4.69, 9.17) is 24.7 Å². The Morgan fingerprint density at radius 3 is 2.56 bits per heavy atom. The van der Waals surface area contributed by atoms with Crippen LogP contribution in [0, 0.1) is 12.8 Å². The van der Waals surface area contributed by atoms with Gasteiger partial charge in [-0.1, -0.05) is 44.2 Å². The molecule has 0 saturated heterocycles. The molecule has 3 aromatic rings. The number of aryl methyl sites for hydroxylation is 1. The third-order valence-electron chi connectivity index (χ3n) is 5.23. The molecule has 0 bridgehead atoms. The molecule has 1 atom stereocenters. The van der Waals surface area contributed by atoms with Crippen LogP contribution in [0.15, 0.2) is 42.6 Å². The van der Waals surface area contributed by atoms with E-state index >= 15 is 0 Å². The Morgan fingerprint density at radius 1 is 1.25 bits per heavy atom. The predicted molar refractivity (Wildman–Crippen MR) is 118 cm³/mol. The number of methoxy groups -OCH3 is 1. The third kappa shape index (κ3) is 4.61. The molecule has 0 unspecified atom stereocenters. The first kappa shape index (κ1) is 22.9. The van der Waals surface area contributed by atoms with Gasteiger partial charge in [-0.2, -0.15) is 5.10 Å². The van der Waals surface area contributed by atoms with Gasteiger partial charge < -0.3 is 14.7 Å². The maximum atomic E-state index is 13.5. The molecule has 32 heavy (non-hydrogen) atoms. The number of benzene rings is 1. The van der Waals surface area contributed by atoms with Crippen LogP contribution in [0.1, 0.15) is 41.8 Å². The Bertz CT molecular complexity index is 1080. The van der Waals surface area contributed by atoms with Crippen molar-refractivity contribution in [3.8, 4) is 17.1 Å². The molecule has 2 aromatic heterocycles. The fourth-order valence-electron chi connectivity index (χ4n) is 3.85. The van der Waals surface area contributed by atoms with Gasteiger partial charge in [-0.25, -0.2) is 9.67 Å². The number of amides is 1. The Hall–Kier alpha value is -3.75. The molecule has 9 heteroatoms. The Morgan fingerprint density at radius 2 is 1.94 bits per heavy atom. The topological polar surface area (TPSA) is 110 Å². The number of fused-ring (bicyclic) bond motifs is 1. The maximum absolute atomic E-state index is 13.5. The van der Waals surface area contributed by atoms with Crippen LogP contribution >= 0.6 is 0 Å². The summed E-state index contributed by atoms with van der Waals surface area (Å²) in [6.07, 6.45) is 1.60. The molecule has 0 spiro atoms. The first-order valence-electron chi connectivity index (χ1n) is 10.3. The predicted octanol–water partition coefficient (Wildman–Crippen LogP) is 3.21. The molecule has 4 rings (SSSR count). The van der Waals surface area contributed by atoms with Gasteiger partial charge in [-0.15, -0.1) is 0 Å². The second-order valence-electron chi connectivity index (χ2n) is 7.70. The molecule has 1 N–H and O–H groups in total. The smallest absolute Gasteiger partial charge is 0.290 e. The lowest BCUT2D eigenvalue weighted by Gasteiger charge is -2.37. The number of pyridine rings is 1. The van der Waals surface area contributed by atoms with Crippen molar-refractivity contribution in [3.05, 3.63) is 59.7 Å². The van der Waals surface area contributed by atoms with Crippen LogP contribution in [0.4, 0.5) is 0 Å². The van der Waals surface area contributed by atoms with Crippen LogP contribution in [-0.4, -0.2) is 55.8 Å². The van der Waals surface area contributed by atoms with Crippen LogP contribution in [0.5, 0.6) is 5.75 Å². The van der Waals surface area contributed by atoms with Crippen molar-refractivity contribution in [3.63, 3.8) is 0 Å². The van der Waals surface area contributed by atoms with E-state index in [1.165, 1.54) is 0 Å². The van der Waals surface area contributed by atoms with Crippen LogP contribution in [0.2, 0.25) is 0 Å². The van der Waals surface area contributed by atoms with Gasteiger partial charge in [0.25, 0.3) is 12.4 Å². The van der Waals surface area contributed by atoms with Crippen molar-refractivity contribution in [1.29, 1.82) is 0 Å². The van der Waals surface area contributed by atoms with E-state index in [-0.39, 0.29) is 24.3 Å². The van der Waals surface area contributed by atoms with Crippen molar-refractivity contribution in [1.82, 2.24) is 24.6 Å². The number of hydrogen-bond donors (Lipinski definition) is 1. The SMILES string of the molecule is COc1cnc(C)cc1C(=O)N1CCn2nc(-c3ccccc3)nc2[C@@H]1C(C)C.O=CO. The fourth-order valence-corrected chi connectivity index (χ4v) is 3.85. The second-order valence-corrected chi connectivity index (χ2v) is 7.70. The zero-order chi connectivity index (χ0) is 23.3. The van der Waals surface area contributed by atoms with Gasteiger partial charge in [0, 0.05) is 17.8 Å². The van der Waals surface area contributed by atoms with Gasteiger partial charge in [0.05, 0.1) is 31.5 Å². The first-order valence-corrected chi connectivity index (χ1v) is 10.3. The third-order valence-corrected chi connectivity index (χ3v) is 5.23. The Kier molecular flexibility index (Phi) is 7.19. The summed E-state index contributed by atoms with van der Waals surface area (Å²) >= 11 is 0. The van der Waals surface area contributed by atoms with Gasteiger partial charge in [0.1, 0.15) is 5.75 Å². The van der Waals surface area contributed by atoms with Crippen molar-refractivity contribution < 1.29 is 19.4 Å². The molecule has 0 aliphatic carbocycles. The Labute approximate surface area is 186 Å². The minimum Gasteiger partial charge on any atom is -0.494 e. The molecule has 3 heterocycles. The lowest BCUT2D eigenvalue weighted by molar-refractivity contribution is -0.122. The standard InChI is InChI=1S/C22H25N5O2.CH2O2/c1-14(2)19-21-24-20(16-8-6-5-7-9-16)25-27(21)11-10-26(19)22(28)17-12-15(3)23-13-18(17)29-4;2-1-3/h5-9,12-14,19H,10-11H2,1-4H3;1H,(H,2,3)/t19-;/m0./s1. The Balaban J connectivity index is 0.000000913. The van der Waals surface area contributed by atoms with Gasteiger partial charge >= 0.3 is 0 Å². The number of carbonyl (C=O) groups excluding carboxylic acids is 1. The van der Waals surface area contributed by atoms with E-state index < -0.39 is 0 Å². The number of ether oxygens (including phenoxy) is 1. The number of carboxylic acid groups (broad SMARTS) is 1. The van der Waals surface area contributed by atoms with Crippen LogP contribution in [-0.2, 0) is 11.3 Å². The molecule has 1 amide bonds. The average Bonchev–Trinajstić information content (AvgIpc) is 3.23. The molecule has 0 radical (unpaired) electrons. The quantitative estimate of drug-likeness (QED) is 0.624. The monoisotopic (exact) mass is 437 g/mol. The molecule has 0 saturated carbocycles. The van der Waals surface area contributed by atoms with Gasteiger partial charge in [-0.3, -0.25) is 14.6 Å². The minimum atomic E-state index is -0.250. The summed E-state index contributed by atoms with van der Waals surface area (Å²) < 4.78 is 7.33. The summed E-state index contributed by atoms with van der Waals surface area (Å²) in [5.74, 6) is 2.11. The van der Waals surface area contributed by atoms with Crippen LogP contribution in [0.3, 0.4) is 0 Å².